The minimum Gasteiger partial charge on any atom is -0.363 e. The van der Waals surface area contributed by atoms with Crippen molar-refractivity contribution in [3.05, 3.63) is 71.6 Å². The molecular weight excluding hydrogens is 401 g/mol. The van der Waals surface area contributed by atoms with Gasteiger partial charge in [-0.2, -0.15) is 13.2 Å². The highest BCUT2D eigenvalue weighted by molar-refractivity contribution is 7.14. The van der Waals surface area contributed by atoms with E-state index in [9.17, 15) is 13.2 Å². The quantitative estimate of drug-likeness (QED) is 0.511. The Balaban J connectivity index is 1.58. The molecular formula is C19H13F3N6S. The van der Waals surface area contributed by atoms with Crippen molar-refractivity contribution in [1.82, 2.24) is 25.1 Å². The minimum atomic E-state index is -4.60. The minimum absolute atomic E-state index is 0.0441. The summed E-state index contributed by atoms with van der Waals surface area (Å²) in [5.74, 6) is -0.0136. The molecule has 0 bridgehead atoms. The Labute approximate surface area is 167 Å². The van der Waals surface area contributed by atoms with Crippen molar-refractivity contribution < 1.29 is 13.2 Å². The Morgan fingerprint density at radius 3 is 2.45 bits per heavy atom. The van der Waals surface area contributed by atoms with Crippen molar-refractivity contribution in [2.75, 3.05) is 5.32 Å². The third-order valence-electron chi connectivity index (χ3n) is 3.84. The summed E-state index contributed by atoms with van der Waals surface area (Å²) in [6.45, 7) is 0.186. The van der Waals surface area contributed by atoms with E-state index in [1.54, 1.807) is 12.1 Å². The van der Waals surface area contributed by atoms with Crippen LogP contribution in [-0.4, -0.2) is 25.1 Å². The molecule has 0 radical (unpaired) electrons. The average Bonchev–Trinajstić information content (AvgIpc) is 3.22. The SMILES string of the molecule is FC(F)(F)c1cc(NCc2nnc(-c3ccccc3)s2)nc(-c2cccnc2)n1. The van der Waals surface area contributed by atoms with E-state index >= 15 is 0 Å². The molecule has 6 nitrogen and oxygen atoms in total. The van der Waals surface area contributed by atoms with Crippen LogP contribution >= 0.6 is 11.3 Å². The lowest BCUT2D eigenvalue weighted by molar-refractivity contribution is -0.141. The Morgan fingerprint density at radius 2 is 1.72 bits per heavy atom. The highest BCUT2D eigenvalue weighted by Crippen LogP contribution is 2.31. The van der Waals surface area contributed by atoms with Gasteiger partial charge in [-0.1, -0.05) is 41.7 Å². The smallest absolute Gasteiger partial charge is 0.363 e. The van der Waals surface area contributed by atoms with Gasteiger partial charge in [0, 0.05) is 29.6 Å². The molecule has 0 saturated carbocycles. The van der Waals surface area contributed by atoms with Crippen molar-refractivity contribution in [3.8, 4) is 22.0 Å². The van der Waals surface area contributed by atoms with Gasteiger partial charge in [0.2, 0.25) is 0 Å². The molecule has 0 unspecified atom stereocenters. The highest BCUT2D eigenvalue weighted by Gasteiger charge is 2.33. The van der Waals surface area contributed by atoms with Gasteiger partial charge in [-0.3, -0.25) is 4.98 Å². The number of rotatable bonds is 5. The maximum Gasteiger partial charge on any atom is 0.433 e. The largest absolute Gasteiger partial charge is 0.433 e. The van der Waals surface area contributed by atoms with Gasteiger partial charge in [0.25, 0.3) is 0 Å². The summed E-state index contributed by atoms with van der Waals surface area (Å²) in [6, 6.07) is 13.6. The number of alkyl halides is 3. The molecule has 0 spiro atoms. The lowest BCUT2D eigenvalue weighted by Crippen LogP contribution is -2.12. The zero-order valence-corrected chi connectivity index (χ0v) is 15.6. The molecule has 0 amide bonds. The standard InChI is InChI=1S/C19H13F3N6S/c20-19(21,22)14-9-15(26-17(25-14)13-7-4-8-23-10-13)24-11-16-27-28-18(29-16)12-5-2-1-3-6-12/h1-10H,11H2,(H,24,25,26). The number of nitrogens with zero attached hydrogens (tertiary/aromatic N) is 5. The Morgan fingerprint density at radius 1 is 0.931 bits per heavy atom. The Hall–Kier alpha value is -3.40. The van der Waals surface area contributed by atoms with Crippen LogP contribution < -0.4 is 5.32 Å². The molecule has 146 valence electrons. The predicted octanol–water partition coefficient (Wildman–Crippen LogP) is 4.69. The van der Waals surface area contributed by atoms with Crippen LogP contribution in [0.1, 0.15) is 10.7 Å². The Kier molecular flexibility index (Phi) is 5.17. The van der Waals surface area contributed by atoms with Gasteiger partial charge in [-0.25, -0.2) is 9.97 Å². The maximum absolute atomic E-state index is 13.3. The van der Waals surface area contributed by atoms with Crippen LogP contribution in [0.4, 0.5) is 19.0 Å². The Bertz CT molecular complexity index is 1100. The van der Waals surface area contributed by atoms with Crippen LogP contribution in [0.5, 0.6) is 0 Å². The van der Waals surface area contributed by atoms with Gasteiger partial charge < -0.3 is 5.32 Å². The summed E-state index contributed by atoms with van der Waals surface area (Å²) < 4.78 is 39.8. The molecule has 0 aliphatic carbocycles. The van der Waals surface area contributed by atoms with E-state index in [1.165, 1.54) is 23.7 Å². The first-order valence-electron chi connectivity index (χ1n) is 8.47. The molecule has 4 aromatic rings. The normalized spacial score (nSPS) is 11.4. The van der Waals surface area contributed by atoms with Crippen molar-refractivity contribution in [2.24, 2.45) is 0 Å². The molecule has 1 N–H and O–H groups in total. The van der Waals surface area contributed by atoms with E-state index in [0.717, 1.165) is 16.6 Å². The molecule has 10 heteroatoms. The first kappa shape index (κ1) is 18.9. The number of aromatic nitrogens is 5. The van der Waals surface area contributed by atoms with Gasteiger partial charge in [-0.15, -0.1) is 10.2 Å². The fraction of sp³-hybridized carbons (Fsp3) is 0.105. The molecule has 0 saturated heterocycles. The molecule has 4 rings (SSSR count). The van der Waals surface area contributed by atoms with Crippen molar-refractivity contribution >= 4 is 17.2 Å². The van der Waals surface area contributed by atoms with Gasteiger partial charge in [-0.05, 0) is 12.1 Å². The van der Waals surface area contributed by atoms with Gasteiger partial charge in [0.1, 0.15) is 15.8 Å². The number of benzene rings is 1. The van der Waals surface area contributed by atoms with Crippen molar-refractivity contribution in [2.45, 2.75) is 12.7 Å². The molecule has 3 heterocycles. The number of halogens is 3. The molecule has 3 aromatic heterocycles. The van der Waals surface area contributed by atoms with Crippen LogP contribution in [0.2, 0.25) is 0 Å². The van der Waals surface area contributed by atoms with Crippen LogP contribution in [0.3, 0.4) is 0 Å². The molecule has 0 aliphatic rings. The van der Waals surface area contributed by atoms with E-state index in [4.69, 9.17) is 0 Å². The number of nitrogens with one attached hydrogen (secondary N) is 1. The predicted molar refractivity (Wildman–Crippen MR) is 103 cm³/mol. The number of pyridine rings is 1. The van der Waals surface area contributed by atoms with E-state index in [1.807, 2.05) is 30.3 Å². The number of hydrogen-bond acceptors (Lipinski definition) is 7. The third kappa shape index (κ3) is 4.54. The molecule has 1 aromatic carbocycles. The number of hydrogen-bond donors (Lipinski definition) is 1. The summed E-state index contributed by atoms with van der Waals surface area (Å²) in [6.07, 6.45) is -1.66. The number of anilines is 1. The van der Waals surface area contributed by atoms with Crippen LogP contribution in [0.25, 0.3) is 22.0 Å². The second kappa shape index (κ2) is 7.92. The van der Waals surface area contributed by atoms with Crippen LogP contribution in [0, 0.1) is 0 Å². The van der Waals surface area contributed by atoms with Crippen molar-refractivity contribution in [3.63, 3.8) is 0 Å². The van der Waals surface area contributed by atoms with Gasteiger partial charge in [0.15, 0.2) is 11.5 Å². The lowest BCUT2D eigenvalue weighted by Gasteiger charge is -2.11. The first-order valence-corrected chi connectivity index (χ1v) is 9.29. The summed E-state index contributed by atoms with van der Waals surface area (Å²) in [5, 5.41) is 12.5. The maximum atomic E-state index is 13.3. The van der Waals surface area contributed by atoms with E-state index in [2.05, 4.69) is 30.5 Å². The molecule has 0 fully saturated rings. The van der Waals surface area contributed by atoms with Crippen LogP contribution in [0.15, 0.2) is 60.9 Å². The fourth-order valence-electron chi connectivity index (χ4n) is 2.50. The summed E-state index contributed by atoms with van der Waals surface area (Å²) in [7, 11) is 0. The third-order valence-corrected chi connectivity index (χ3v) is 4.82. The zero-order valence-electron chi connectivity index (χ0n) is 14.8. The topological polar surface area (TPSA) is 76.5 Å². The second-order valence-corrected chi connectivity index (χ2v) is 6.98. The average molecular weight is 414 g/mol. The van der Waals surface area contributed by atoms with E-state index < -0.39 is 11.9 Å². The summed E-state index contributed by atoms with van der Waals surface area (Å²) >= 11 is 1.36. The lowest BCUT2D eigenvalue weighted by atomic mass is 10.2. The molecule has 0 atom stereocenters. The van der Waals surface area contributed by atoms with Gasteiger partial charge in [0.05, 0.1) is 6.54 Å². The second-order valence-electron chi connectivity index (χ2n) is 5.92. The summed E-state index contributed by atoms with van der Waals surface area (Å²) in [4.78, 5) is 11.7. The monoisotopic (exact) mass is 414 g/mol. The molecule has 0 aliphatic heterocycles. The zero-order chi connectivity index (χ0) is 20.3. The van der Waals surface area contributed by atoms with E-state index in [0.29, 0.717) is 10.6 Å². The van der Waals surface area contributed by atoms with Crippen molar-refractivity contribution in [1.29, 1.82) is 0 Å². The first-order chi connectivity index (χ1) is 14.0. The summed E-state index contributed by atoms with van der Waals surface area (Å²) in [5.41, 5.74) is 0.288. The van der Waals surface area contributed by atoms with Gasteiger partial charge >= 0.3 is 6.18 Å². The van der Waals surface area contributed by atoms with Crippen LogP contribution in [-0.2, 0) is 12.7 Å². The highest BCUT2D eigenvalue weighted by atomic mass is 32.1. The fourth-order valence-corrected chi connectivity index (χ4v) is 3.28. The van der Waals surface area contributed by atoms with E-state index in [-0.39, 0.29) is 18.2 Å². The molecule has 29 heavy (non-hydrogen) atoms.